The maximum Gasteiger partial charge on any atom is 0.265 e. The van der Waals surface area contributed by atoms with Crippen LogP contribution in [0.25, 0.3) is 0 Å². The van der Waals surface area contributed by atoms with Crippen molar-refractivity contribution in [1.29, 1.82) is 0 Å². The van der Waals surface area contributed by atoms with Crippen LogP contribution in [0.15, 0.2) is 53.4 Å². The number of rotatable bonds is 10. The molecule has 1 aliphatic rings. The lowest BCUT2D eigenvalue weighted by molar-refractivity contribution is -0.122. The summed E-state index contributed by atoms with van der Waals surface area (Å²) in [4.78, 5) is 17.8. The van der Waals surface area contributed by atoms with Crippen LogP contribution in [0.3, 0.4) is 0 Å². The summed E-state index contributed by atoms with van der Waals surface area (Å²) in [6.45, 7) is 12.6. The highest BCUT2D eigenvalue weighted by molar-refractivity contribution is 7.89. The molecular formula is C25H36N4O4S. The molecule has 1 saturated heterocycles. The smallest absolute Gasteiger partial charge is 0.265 e. The highest BCUT2D eigenvalue weighted by Gasteiger charge is 2.26. The normalized spacial score (nSPS) is 15.9. The van der Waals surface area contributed by atoms with E-state index in [1.807, 2.05) is 32.0 Å². The van der Waals surface area contributed by atoms with E-state index in [2.05, 4.69) is 22.0 Å². The Hall–Kier alpha value is -2.62. The van der Waals surface area contributed by atoms with Gasteiger partial charge in [-0.15, -0.1) is 0 Å². The van der Waals surface area contributed by atoms with Crippen molar-refractivity contribution in [2.45, 2.75) is 38.7 Å². The van der Waals surface area contributed by atoms with Gasteiger partial charge < -0.3 is 19.9 Å². The summed E-state index contributed by atoms with van der Waals surface area (Å²) in [6, 6.07) is 14.2. The largest absolute Gasteiger partial charge is 0.481 e. The molecule has 0 bridgehead atoms. The van der Waals surface area contributed by atoms with Gasteiger partial charge in [0.1, 0.15) is 5.75 Å². The second kappa shape index (κ2) is 11.7. The first kappa shape index (κ1) is 26.0. The Labute approximate surface area is 203 Å². The van der Waals surface area contributed by atoms with Crippen LogP contribution in [0.4, 0.5) is 11.4 Å². The second-order valence-electron chi connectivity index (χ2n) is 8.25. The first-order chi connectivity index (χ1) is 16.3. The van der Waals surface area contributed by atoms with Gasteiger partial charge in [-0.1, -0.05) is 39.0 Å². The molecule has 1 N–H and O–H groups in total. The van der Waals surface area contributed by atoms with Gasteiger partial charge >= 0.3 is 0 Å². The molecule has 8 nitrogen and oxygen atoms in total. The molecule has 1 unspecified atom stereocenters. The van der Waals surface area contributed by atoms with Gasteiger partial charge in [-0.2, -0.15) is 4.31 Å². The molecule has 34 heavy (non-hydrogen) atoms. The topological polar surface area (TPSA) is 82.2 Å². The van der Waals surface area contributed by atoms with E-state index in [-0.39, 0.29) is 10.8 Å². The van der Waals surface area contributed by atoms with E-state index in [4.69, 9.17) is 4.74 Å². The van der Waals surface area contributed by atoms with Gasteiger partial charge in [-0.25, -0.2) is 8.42 Å². The molecule has 2 aromatic rings. The van der Waals surface area contributed by atoms with Gasteiger partial charge in [0.05, 0.1) is 16.3 Å². The van der Waals surface area contributed by atoms with Gasteiger partial charge in [-0.3, -0.25) is 4.79 Å². The van der Waals surface area contributed by atoms with Gasteiger partial charge in [-0.05, 0) is 43.8 Å². The van der Waals surface area contributed by atoms with E-state index in [0.29, 0.717) is 24.5 Å². The number of piperazine rings is 1. The van der Waals surface area contributed by atoms with Gasteiger partial charge in [0.2, 0.25) is 10.0 Å². The lowest BCUT2D eigenvalue weighted by atomic mass is 10.2. The number of amides is 1. The Kier molecular flexibility index (Phi) is 8.93. The third-order valence-electron chi connectivity index (χ3n) is 6.15. The molecule has 0 radical (unpaired) electrons. The molecule has 1 amide bonds. The van der Waals surface area contributed by atoms with E-state index in [1.54, 1.807) is 37.3 Å². The van der Waals surface area contributed by atoms with Crippen molar-refractivity contribution in [1.82, 2.24) is 9.21 Å². The van der Waals surface area contributed by atoms with Gasteiger partial charge in [0.25, 0.3) is 5.91 Å². The number of ether oxygens (including phenoxy) is 1. The Morgan fingerprint density at radius 3 is 2.26 bits per heavy atom. The predicted molar refractivity (Wildman–Crippen MR) is 136 cm³/mol. The zero-order chi connectivity index (χ0) is 24.7. The molecular weight excluding hydrogens is 452 g/mol. The van der Waals surface area contributed by atoms with Crippen molar-refractivity contribution in [2.75, 3.05) is 56.0 Å². The maximum absolute atomic E-state index is 13.1. The zero-order valence-corrected chi connectivity index (χ0v) is 21.3. The van der Waals surface area contributed by atoms with Crippen LogP contribution < -0.4 is 15.0 Å². The molecule has 0 spiro atoms. The number of anilines is 2. The fourth-order valence-electron chi connectivity index (χ4n) is 4.06. The molecule has 2 aromatic carbocycles. The number of para-hydroxylation sites is 1. The third kappa shape index (κ3) is 6.08. The van der Waals surface area contributed by atoms with Crippen LogP contribution >= 0.6 is 0 Å². The minimum Gasteiger partial charge on any atom is -0.481 e. The fraction of sp³-hybridized carbons (Fsp3) is 0.480. The molecule has 1 heterocycles. The highest BCUT2D eigenvalue weighted by atomic mass is 32.2. The molecule has 1 fully saturated rings. The summed E-state index contributed by atoms with van der Waals surface area (Å²) in [7, 11) is -3.66. The van der Waals surface area contributed by atoms with Crippen LogP contribution in [0.1, 0.15) is 27.7 Å². The number of likely N-dealkylation sites (N-methyl/N-ethyl adjacent to an activating group) is 1. The molecule has 1 atom stereocenters. The van der Waals surface area contributed by atoms with Crippen molar-refractivity contribution in [3.8, 4) is 5.75 Å². The summed E-state index contributed by atoms with van der Waals surface area (Å²) >= 11 is 0. The molecule has 1 aliphatic heterocycles. The average molecular weight is 489 g/mol. The van der Waals surface area contributed by atoms with E-state index >= 15 is 0 Å². The lowest BCUT2D eigenvalue weighted by Gasteiger charge is -2.36. The van der Waals surface area contributed by atoms with Crippen molar-refractivity contribution in [3.05, 3.63) is 48.5 Å². The van der Waals surface area contributed by atoms with Crippen LogP contribution in [0.5, 0.6) is 5.75 Å². The third-order valence-corrected chi connectivity index (χ3v) is 8.20. The van der Waals surface area contributed by atoms with Gasteiger partial charge in [0.15, 0.2) is 6.10 Å². The van der Waals surface area contributed by atoms with E-state index < -0.39 is 16.1 Å². The fourth-order valence-corrected chi connectivity index (χ4v) is 5.54. The average Bonchev–Trinajstić information content (AvgIpc) is 2.85. The molecule has 0 saturated carbocycles. The lowest BCUT2D eigenvalue weighted by Crippen LogP contribution is -2.46. The number of benzene rings is 2. The Bertz CT molecular complexity index is 1050. The standard InChI is InChI=1S/C25H36N4O4S/c1-5-27-15-17-28(18-16-27)24-14-13-22(34(31,32)29(6-2)7-3)19-23(24)26-25(30)20(4)33-21-11-9-8-10-12-21/h8-14,19-20H,5-7,15-18H2,1-4H3,(H,26,30). The number of nitrogens with one attached hydrogen (secondary N) is 1. The number of nitrogens with zero attached hydrogens (tertiary/aromatic N) is 3. The number of sulfonamides is 1. The highest BCUT2D eigenvalue weighted by Crippen LogP contribution is 2.31. The molecule has 0 aromatic heterocycles. The second-order valence-corrected chi connectivity index (χ2v) is 10.2. The number of hydrogen-bond donors (Lipinski definition) is 1. The van der Waals surface area contributed by atoms with Crippen LogP contribution in [0, 0.1) is 0 Å². The van der Waals surface area contributed by atoms with Crippen molar-refractivity contribution in [2.24, 2.45) is 0 Å². The predicted octanol–water partition coefficient (Wildman–Crippen LogP) is 3.27. The molecule has 0 aliphatic carbocycles. The SMILES string of the molecule is CCN1CCN(c2ccc(S(=O)(=O)N(CC)CC)cc2NC(=O)C(C)Oc2ccccc2)CC1. The van der Waals surface area contributed by atoms with Crippen molar-refractivity contribution in [3.63, 3.8) is 0 Å². The van der Waals surface area contributed by atoms with Crippen molar-refractivity contribution < 1.29 is 17.9 Å². The molecule has 3 rings (SSSR count). The molecule has 9 heteroatoms. The maximum atomic E-state index is 13.1. The summed E-state index contributed by atoms with van der Waals surface area (Å²) in [6.07, 6.45) is -0.754. The summed E-state index contributed by atoms with van der Waals surface area (Å²) in [5.41, 5.74) is 1.29. The number of hydrogen-bond acceptors (Lipinski definition) is 6. The Morgan fingerprint density at radius 2 is 1.68 bits per heavy atom. The van der Waals surface area contributed by atoms with Crippen LogP contribution in [-0.4, -0.2) is 75.4 Å². The summed E-state index contributed by atoms with van der Waals surface area (Å²) in [5, 5.41) is 2.94. The minimum atomic E-state index is -3.66. The Balaban J connectivity index is 1.90. The number of carbonyl (C=O) groups excluding carboxylic acids is 1. The Morgan fingerprint density at radius 1 is 1.03 bits per heavy atom. The quantitative estimate of drug-likeness (QED) is 0.553. The summed E-state index contributed by atoms with van der Waals surface area (Å²) in [5.74, 6) is 0.258. The van der Waals surface area contributed by atoms with Crippen LogP contribution in [-0.2, 0) is 14.8 Å². The first-order valence-corrected chi connectivity index (χ1v) is 13.4. The van der Waals surface area contributed by atoms with Crippen LogP contribution in [0.2, 0.25) is 0 Å². The summed E-state index contributed by atoms with van der Waals surface area (Å²) < 4.78 is 33.5. The van der Waals surface area contributed by atoms with Gasteiger partial charge in [0, 0.05) is 39.3 Å². The van der Waals surface area contributed by atoms with E-state index in [0.717, 1.165) is 38.4 Å². The van der Waals surface area contributed by atoms with E-state index in [1.165, 1.54) is 4.31 Å². The van der Waals surface area contributed by atoms with Crippen molar-refractivity contribution >= 4 is 27.3 Å². The number of carbonyl (C=O) groups is 1. The zero-order valence-electron chi connectivity index (χ0n) is 20.5. The minimum absolute atomic E-state index is 0.166. The first-order valence-electron chi connectivity index (χ1n) is 11.9. The monoisotopic (exact) mass is 488 g/mol. The molecule has 186 valence electrons. The van der Waals surface area contributed by atoms with E-state index in [9.17, 15) is 13.2 Å².